The van der Waals surface area contributed by atoms with Crippen LogP contribution in [0.2, 0.25) is 0 Å². The summed E-state index contributed by atoms with van der Waals surface area (Å²) >= 11 is 0. The number of alkyl halides is 3. The standard InChI is InChI=1S/C9H14F3NO2/c10-9(11,12)6-13-4-2-1-3-7(13)5-8(14)15/h5,7,14-15H,1-4,6H2. The van der Waals surface area contributed by atoms with Gasteiger partial charge in [-0.15, -0.1) is 0 Å². The second-order valence-corrected chi connectivity index (χ2v) is 3.67. The summed E-state index contributed by atoms with van der Waals surface area (Å²) in [5.41, 5.74) is 0. The molecule has 2 N–H and O–H groups in total. The van der Waals surface area contributed by atoms with Crippen LogP contribution in [0.5, 0.6) is 0 Å². The van der Waals surface area contributed by atoms with Crippen molar-refractivity contribution in [3.8, 4) is 0 Å². The number of aliphatic hydroxyl groups excluding tert-OH is 1. The van der Waals surface area contributed by atoms with Gasteiger partial charge in [-0.1, -0.05) is 6.42 Å². The zero-order valence-corrected chi connectivity index (χ0v) is 8.17. The van der Waals surface area contributed by atoms with Gasteiger partial charge in [0.05, 0.1) is 6.54 Å². The predicted molar refractivity (Wildman–Crippen MR) is 48.6 cm³/mol. The zero-order valence-electron chi connectivity index (χ0n) is 8.17. The highest BCUT2D eigenvalue weighted by atomic mass is 19.4. The van der Waals surface area contributed by atoms with Gasteiger partial charge in [-0.3, -0.25) is 4.90 Å². The van der Waals surface area contributed by atoms with Crippen molar-refractivity contribution in [2.45, 2.75) is 31.5 Å². The topological polar surface area (TPSA) is 43.7 Å². The molecule has 1 saturated heterocycles. The van der Waals surface area contributed by atoms with E-state index in [0.29, 0.717) is 19.4 Å². The van der Waals surface area contributed by atoms with E-state index < -0.39 is 24.7 Å². The lowest BCUT2D eigenvalue weighted by molar-refractivity contribution is -0.151. The first kappa shape index (κ1) is 12.2. The van der Waals surface area contributed by atoms with E-state index in [4.69, 9.17) is 10.2 Å². The summed E-state index contributed by atoms with van der Waals surface area (Å²) in [6, 6.07) is -0.523. The molecule has 6 heteroatoms. The van der Waals surface area contributed by atoms with Crippen molar-refractivity contribution in [2.24, 2.45) is 0 Å². The Morgan fingerprint density at radius 1 is 1.33 bits per heavy atom. The largest absolute Gasteiger partial charge is 0.481 e. The molecule has 0 radical (unpaired) electrons. The summed E-state index contributed by atoms with van der Waals surface area (Å²) in [4.78, 5) is 1.22. The third-order valence-electron chi connectivity index (χ3n) is 2.39. The van der Waals surface area contributed by atoms with Crippen molar-refractivity contribution in [3.05, 3.63) is 12.0 Å². The first-order valence-corrected chi connectivity index (χ1v) is 4.79. The van der Waals surface area contributed by atoms with Gasteiger partial charge in [0.15, 0.2) is 0 Å². The molecule has 1 atom stereocenters. The van der Waals surface area contributed by atoms with Crippen LogP contribution in [-0.4, -0.2) is 40.4 Å². The van der Waals surface area contributed by atoms with E-state index in [1.165, 1.54) is 4.90 Å². The Labute approximate surface area is 85.8 Å². The SMILES string of the molecule is OC(O)=CC1CCCCN1CC(F)(F)F. The summed E-state index contributed by atoms with van der Waals surface area (Å²) in [6.45, 7) is -0.657. The highest BCUT2D eigenvalue weighted by Gasteiger charge is 2.34. The molecule has 0 spiro atoms. The maximum atomic E-state index is 12.2. The molecule has 0 aromatic rings. The number of likely N-dealkylation sites (tertiary alicyclic amines) is 1. The number of rotatable bonds is 2. The van der Waals surface area contributed by atoms with Gasteiger partial charge in [0.2, 0.25) is 0 Å². The average molecular weight is 225 g/mol. The van der Waals surface area contributed by atoms with Gasteiger partial charge in [0.1, 0.15) is 0 Å². The van der Waals surface area contributed by atoms with Crippen LogP contribution in [0.25, 0.3) is 0 Å². The molecule has 1 aliphatic rings. The molecule has 1 fully saturated rings. The fourth-order valence-electron chi connectivity index (χ4n) is 1.80. The molecule has 0 amide bonds. The van der Waals surface area contributed by atoms with Gasteiger partial charge in [0.25, 0.3) is 5.95 Å². The van der Waals surface area contributed by atoms with Crippen LogP contribution in [0.1, 0.15) is 19.3 Å². The minimum atomic E-state index is -4.24. The molecular weight excluding hydrogens is 211 g/mol. The summed E-state index contributed by atoms with van der Waals surface area (Å²) in [6.07, 6.45) is -1.13. The number of nitrogens with zero attached hydrogens (tertiary/aromatic N) is 1. The maximum absolute atomic E-state index is 12.2. The van der Waals surface area contributed by atoms with E-state index in [1.54, 1.807) is 0 Å². The number of piperidine rings is 1. The summed E-state index contributed by atoms with van der Waals surface area (Å²) in [5, 5.41) is 17.3. The van der Waals surface area contributed by atoms with Crippen molar-refractivity contribution in [1.29, 1.82) is 0 Å². The molecule has 0 aliphatic carbocycles. The molecule has 0 bridgehead atoms. The first-order chi connectivity index (χ1) is 6.88. The number of hydrogen-bond acceptors (Lipinski definition) is 3. The summed E-state index contributed by atoms with van der Waals surface area (Å²) < 4.78 is 36.5. The van der Waals surface area contributed by atoms with E-state index in [2.05, 4.69) is 0 Å². The van der Waals surface area contributed by atoms with Crippen LogP contribution in [0.15, 0.2) is 12.0 Å². The van der Waals surface area contributed by atoms with Crippen LogP contribution < -0.4 is 0 Å². The van der Waals surface area contributed by atoms with Crippen molar-refractivity contribution in [1.82, 2.24) is 4.90 Å². The van der Waals surface area contributed by atoms with Gasteiger partial charge in [-0.05, 0) is 19.4 Å². The van der Waals surface area contributed by atoms with E-state index >= 15 is 0 Å². The lowest BCUT2D eigenvalue weighted by Crippen LogP contribution is -2.44. The first-order valence-electron chi connectivity index (χ1n) is 4.79. The summed E-state index contributed by atoms with van der Waals surface area (Å²) in [5.74, 6) is -0.908. The number of halogens is 3. The monoisotopic (exact) mass is 225 g/mol. The highest BCUT2D eigenvalue weighted by Crippen LogP contribution is 2.24. The van der Waals surface area contributed by atoms with E-state index in [9.17, 15) is 13.2 Å². The fourth-order valence-corrected chi connectivity index (χ4v) is 1.80. The minimum absolute atomic E-state index is 0.341. The Morgan fingerprint density at radius 2 is 2.00 bits per heavy atom. The van der Waals surface area contributed by atoms with Crippen LogP contribution >= 0.6 is 0 Å². The van der Waals surface area contributed by atoms with E-state index in [-0.39, 0.29) is 0 Å². The number of aliphatic hydroxyl groups is 2. The molecule has 1 heterocycles. The van der Waals surface area contributed by atoms with Gasteiger partial charge in [-0.2, -0.15) is 13.2 Å². The lowest BCUT2D eigenvalue weighted by atomic mass is 10.0. The van der Waals surface area contributed by atoms with Crippen molar-refractivity contribution < 1.29 is 23.4 Å². The predicted octanol–water partition coefficient (Wildman–Crippen LogP) is 2.36. The third kappa shape index (κ3) is 4.42. The smallest absolute Gasteiger partial charge is 0.401 e. The molecule has 1 rings (SSSR count). The zero-order chi connectivity index (χ0) is 11.5. The summed E-state index contributed by atoms with van der Waals surface area (Å²) in [7, 11) is 0. The number of hydrogen-bond donors (Lipinski definition) is 2. The molecule has 1 aliphatic heterocycles. The van der Waals surface area contributed by atoms with Crippen molar-refractivity contribution >= 4 is 0 Å². The van der Waals surface area contributed by atoms with Crippen LogP contribution in [0, 0.1) is 0 Å². The van der Waals surface area contributed by atoms with Gasteiger partial charge in [0, 0.05) is 12.1 Å². The van der Waals surface area contributed by atoms with Gasteiger partial charge < -0.3 is 10.2 Å². The van der Waals surface area contributed by atoms with Gasteiger partial charge in [-0.25, -0.2) is 0 Å². The van der Waals surface area contributed by atoms with Gasteiger partial charge >= 0.3 is 6.18 Å². The quantitative estimate of drug-likeness (QED) is 0.709. The Bertz CT molecular complexity index is 236. The molecule has 0 saturated carbocycles. The maximum Gasteiger partial charge on any atom is 0.401 e. The highest BCUT2D eigenvalue weighted by molar-refractivity contribution is 4.96. The average Bonchev–Trinajstić information content (AvgIpc) is 2.05. The van der Waals surface area contributed by atoms with Crippen molar-refractivity contribution in [2.75, 3.05) is 13.1 Å². The fraction of sp³-hybridized carbons (Fsp3) is 0.778. The van der Waals surface area contributed by atoms with Crippen LogP contribution in [0.3, 0.4) is 0 Å². The molecule has 0 aromatic carbocycles. The molecule has 15 heavy (non-hydrogen) atoms. The normalized spacial score (nSPS) is 23.8. The second kappa shape index (κ2) is 4.74. The third-order valence-corrected chi connectivity index (χ3v) is 2.39. The Morgan fingerprint density at radius 3 is 2.53 bits per heavy atom. The Hall–Kier alpha value is -0.910. The lowest BCUT2D eigenvalue weighted by Gasteiger charge is -2.33. The molecule has 1 unspecified atom stereocenters. The van der Waals surface area contributed by atoms with Crippen molar-refractivity contribution in [3.63, 3.8) is 0 Å². The van der Waals surface area contributed by atoms with Crippen LogP contribution in [-0.2, 0) is 0 Å². The Balaban J connectivity index is 2.62. The minimum Gasteiger partial charge on any atom is -0.481 e. The Kier molecular flexibility index (Phi) is 3.84. The van der Waals surface area contributed by atoms with E-state index in [0.717, 1.165) is 12.5 Å². The second-order valence-electron chi connectivity index (χ2n) is 3.67. The molecular formula is C9H14F3NO2. The molecule has 3 nitrogen and oxygen atoms in total. The molecule has 0 aromatic heterocycles. The van der Waals surface area contributed by atoms with E-state index in [1.807, 2.05) is 0 Å². The van der Waals surface area contributed by atoms with Crippen LogP contribution in [0.4, 0.5) is 13.2 Å². The molecule has 88 valence electrons.